The molecule has 1 N–H and O–H groups in total. The average Bonchev–Trinajstić information content (AvgIpc) is 2.56. The van der Waals surface area contributed by atoms with E-state index in [0.29, 0.717) is 12.5 Å². The number of H-pyrrole nitrogens is 1. The van der Waals surface area contributed by atoms with Crippen molar-refractivity contribution >= 4 is 5.78 Å². The molecule has 0 atom stereocenters. The third-order valence-corrected chi connectivity index (χ3v) is 2.89. The summed E-state index contributed by atoms with van der Waals surface area (Å²) in [6, 6.07) is 1.95. The SMILES string of the molecule is CCN(CC(=O)c1cc(C)[nH]c1C)CC(C)C. The summed E-state index contributed by atoms with van der Waals surface area (Å²) >= 11 is 0. The number of aromatic nitrogens is 1. The average molecular weight is 236 g/mol. The van der Waals surface area contributed by atoms with Gasteiger partial charge in [-0.2, -0.15) is 0 Å². The number of nitrogens with zero attached hydrogens (tertiary/aromatic N) is 1. The predicted octanol–water partition coefficient (Wildman–Crippen LogP) is 2.79. The Labute approximate surface area is 104 Å². The van der Waals surface area contributed by atoms with E-state index in [2.05, 4.69) is 30.7 Å². The molecule has 0 aliphatic heterocycles. The van der Waals surface area contributed by atoms with Crippen LogP contribution in [0.2, 0.25) is 0 Å². The molecule has 0 amide bonds. The number of hydrogen-bond acceptors (Lipinski definition) is 2. The van der Waals surface area contributed by atoms with Crippen LogP contribution in [0.25, 0.3) is 0 Å². The van der Waals surface area contributed by atoms with Gasteiger partial charge in [0, 0.05) is 23.5 Å². The molecule has 0 saturated heterocycles. The minimum Gasteiger partial charge on any atom is -0.362 e. The first kappa shape index (κ1) is 14.0. The summed E-state index contributed by atoms with van der Waals surface area (Å²) in [6.45, 7) is 12.8. The van der Waals surface area contributed by atoms with E-state index in [4.69, 9.17) is 0 Å². The van der Waals surface area contributed by atoms with Crippen LogP contribution in [0.5, 0.6) is 0 Å². The maximum absolute atomic E-state index is 12.2. The maximum atomic E-state index is 12.2. The molecular weight excluding hydrogens is 212 g/mol. The van der Waals surface area contributed by atoms with Gasteiger partial charge in [-0.25, -0.2) is 0 Å². The molecule has 3 nitrogen and oxygen atoms in total. The lowest BCUT2D eigenvalue weighted by atomic mass is 10.1. The second kappa shape index (κ2) is 6.01. The normalized spacial score (nSPS) is 11.5. The van der Waals surface area contributed by atoms with Gasteiger partial charge in [-0.3, -0.25) is 9.69 Å². The molecule has 0 radical (unpaired) electrons. The van der Waals surface area contributed by atoms with Gasteiger partial charge in [0.15, 0.2) is 5.78 Å². The van der Waals surface area contributed by atoms with Gasteiger partial charge in [-0.15, -0.1) is 0 Å². The van der Waals surface area contributed by atoms with Crippen molar-refractivity contribution in [1.29, 1.82) is 0 Å². The van der Waals surface area contributed by atoms with Crippen LogP contribution in [0.4, 0.5) is 0 Å². The number of Topliss-reactive ketones (excluding diaryl/α,β-unsaturated/α-hetero) is 1. The van der Waals surface area contributed by atoms with Crippen LogP contribution >= 0.6 is 0 Å². The van der Waals surface area contributed by atoms with Crippen LogP contribution in [0.3, 0.4) is 0 Å². The van der Waals surface area contributed by atoms with E-state index in [1.165, 1.54) is 0 Å². The molecule has 1 rings (SSSR count). The Morgan fingerprint density at radius 1 is 1.41 bits per heavy atom. The lowest BCUT2D eigenvalue weighted by molar-refractivity contribution is 0.0926. The number of carbonyl (C=O) groups excluding carboxylic acids is 1. The Bertz CT molecular complexity index is 380. The molecule has 0 aliphatic carbocycles. The fourth-order valence-corrected chi connectivity index (χ4v) is 2.12. The van der Waals surface area contributed by atoms with E-state index in [9.17, 15) is 4.79 Å². The van der Waals surface area contributed by atoms with Gasteiger partial charge >= 0.3 is 0 Å². The number of aromatic amines is 1. The fraction of sp³-hybridized carbons (Fsp3) is 0.643. The molecule has 96 valence electrons. The van der Waals surface area contributed by atoms with Crippen LogP contribution in [-0.2, 0) is 0 Å². The third kappa shape index (κ3) is 4.00. The Morgan fingerprint density at radius 3 is 2.47 bits per heavy atom. The molecule has 0 spiro atoms. The number of aryl methyl sites for hydroxylation is 2. The Balaban J connectivity index is 2.67. The number of ketones is 1. The molecule has 0 bridgehead atoms. The van der Waals surface area contributed by atoms with Gasteiger partial charge < -0.3 is 4.98 Å². The van der Waals surface area contributed by atoms with Crippen LogP contribution in [-0.4, -0.2) is 35.3 Å². The Hall–Kier alpha value is -1.09. The zero-order valence-corrected chi connectivity index (χ0v) is 11.6. The van der Waals surface area contributed by atoms with Crippen molar-refractivity contribution < 1.29 is 4.79 Å². The molecule has 1 aromatic heterocycles. The molecule has 0 unspecified atom stereocenters. The Kier molecular flexibility index (Phi) is 4.94. The molecule has 3 heteroatoms. The monoisotopic (exact) mass is 236 g/mol. The van der Waals surface area contributed by atoms with Gasteiger partial charge in [0.1, 0.15) is 0 Å². The molecule has 1 aromatic rings. The molecule has 1 heterocycles. The first-order valence-corrected chi connectivity index (χ1v) is 6.35. The first-order chi connectivity index (χ1) is 7.93. The van der Waals surface area contributed by atoms with E-state index < -0.39 is 0 Å². The van der Waals surface area contributed by atoms with E-state index in [0.717, 1.165) is 30.0 Å². The molecule has 0 fully saturated rings. The second-order valence-electron chi connectivity index (χ2n) is 5.14. The van der Waals surface area contributed by atoms with Crippen molar-refractivity contribution in [1.82, 2.24) is 9.88 Å². The summed E-state index contributed by atoms with van der Waals surface area (Å²) in [5, 5.41) is 0. The highest BCUT2D eigenvalue weighted by atomic mass is 16.1. The van der Waals surface area contributed by atoms with Crippen molar-refractivity contribution in [2.24, 2.45) is 5.92 Å². The largest absolute Gasteiger partial charge is 0.362 e. The highest BCUT2D eigenvalue weighted by Gasteiger charge is 2.15. The summed E-state index contributed by atoms with van der Waals surface area (Å²) in [4.78, 5) is 17.6. The number of likely N-dealkylation sites (N-methyl/N-ethyl adjacent to an activating group) is 1. The Morgan fingerprint density at radius 2 is 2.06 bits per heavy atom. The summed E-state index contributed by atoms with van der Waals surface area (Å²) in [5.41, 5.74) is 2.87. The first-order valence-electron chi connectivity index (χ1n) is 6.35. The van der Waals surface area contributed by atoms with E-state index in [1.807, 2.05) is 19.9 Å². The summed E-state index contributed by atoms with van der Waals surface area (Å²) in [7, 11) is 0. The van der Waals surface area contributed by atoms with E-state index >= 15 is 0 Å². The van der Waals surface area contributed by atoms with Gasteiger partial charge in [-0.05, 0) is 32.4 Å². The standard InChI is InChI=1S/C14H24N2O/c1-6-16(8-10(2)3)9-14(17)13-7-11(4)15-12(13)5/h7,10,15H,6,8-9H2,1-5H3. The van der Waals surface area contributed by atoms with Crippen molar-refractivity contribution in [3.63, 3.8) is 0 Å². The van der Waals surface area contributed by atoms with Crippen LogP contribution in [0, 0.1) is 19.8 Å². The quantitative estimate of drug-likeness (QED) is 0.771. The summed E-state index contributed by atoms with van der Waals surface area (Å²) in [5.74, 6) is 0.811. The lowest BCUT2D eigenvalue weighted by Gasteiger charge is -2.21. The molecule has 0 aromatic carbocycles. The number of nitrogens with one attached hydrogen (secondary N) is 1. The maximum Gasteiger partial charge on any atom is 0.178 e. The van der Waals surface area contributed by atoms with Crippen molar-refractivity contribution in [2.45, 2.75) is 34.6 Å². The number of carbonyl (C=O) groups is 1. The fourth-order valence-electron chi connectivity index (χ4n) is 2.12. The van der Waals surface area contributed by atoms with Gasteiger partial charge in [0.05, 0.1) is 6.54 Å². The third-order valence-electron chi connectivity index (χ3n) is 2.89. The predicted molar refractivity (Wildman–Crippen MR) is 71.5 cm³/mol. The van der Waals surface area contributed by atoms with E-state index in [-0.39, 0.29) is 5.78 Å². The smallest absolute Gasteiger partial charge is 0.178 e. The second-order valence-corrected chi connectivity index (χ2v) is 5.14. The topological polar surface area (TPSA) is 36.1 Å². The summed E-state index contributed by atoms with van der Waals surface area (Å²) in [6.07, 6.45) is 0. The van der Waals surface area contributed by atoms with Crippen molar-refractivity contribution in [3.8, 4) is 0 Å². The molecule has 0 aliphatic rings. The van der Waals surface area contributed by atoms with Gasteiger partial charge in [0.2, 0.25) is 0 Å². The minimum absolute atomic E-state index is 0.217. The highest BCUT2D eigenvalue weighted by molar-refractivity contribution is 5.98. The van der Waals surface area contributed by atoms with Crippen molar-refractivity contribution in [2.75, 3.05) is 19.6 Å². The van der Waals surface area contributed by atoms with Gasteiger partial charge in [-0.1, -0.05) is 20.8 Å². The number of hydrogen-bond donors (Lipinski definition) is 1. The van der Waals surface area contributed by atoms with Crippen LogP contribution in [0.1, 0.15) is 42.5 Å². The molecular formula is C14H24N2O. The number of rotatable bonds is 6. The highest BCUT2D eigenvalue weighted by Crippen LogP contribution is 2.11. The molecule has 17 heavy (non-hydrogen) atoms. The zero-order valence-electron chi connectivity index (χ0n) is 11.6. The minimum atomic E-state index is 0.217. The lowest BCUT2D eigenvalue weighted by Crippen LogP contribution is -2.33. The van der Waals surface area contributed by atoms with Gasteiger partial charge in [0.25, 0.3) is 0 Å². The van der Waals surface area contributed by atoms with Crippen molar-refractivity contribution in [3.05, 3.63) is 23.0 Å². The van der Waals surface area contributed by atoms with Crippen LogP contribution in [0.15, 0.2) is 6.07 Å². The van der Waals surface area contributed by atoms with Crippen LogP contribution < -0.4 is 0 Å². The zero-order chi connectivity index (χ0) is 13.0. The molecule has 0 saturated carbocycles. The summed E-state index contributed by atoms with van der Waals surface area (Å²) < 4.78 is 0. The van der Waals surface area contributed by atoms with E-state index in [1.54, 1.807) is 0 Å².